The van der Waals surface area contributed by atoms with Crippen molar-refractivity contribution in [2.45, 2.75) is 170 Å². The highest BCUT2D eigenvalue weighted by atomic mass is 16.7. The van der Waals surface area contributed by atoms with E-state index in [-0.39, 0.29) is 43.9 Å². The van der Waals surface area contributed by atoms with Crippen LogP contribution >= 0.6 is 0 Å². The molecule has 1 saturated carbocycles. The summed E-state index contributed by atoms with van der Waals surface area (Å²) in [5.74, 6) is -3.05. The summed E-state index contributed by atoms with van der Waals surface area (Å²) in [7, 11) is 0. The number of likely N-dealkylation sites (tertiary alicyclic amines) is 1. The average molecular weight is 1070 g/mol. The second kappa shape index (κ2) is 25.9. The Balaban J connectivity index is 1.01. The number of esters is 1. The summed E-state index contributed by atoms with van der Waals surface area (Å²) in [5, 5.41) is 98.7. The predicted molar refractivity (Wildman–Crippen MR) is 262 cm³/mol. The minimum absolute atomic E-state index is 0.104. The average Bonchev–Trinajstić information content (AvgIpc) is 3.90. The highest BCUT2D eigenvalue weighted by molar-refractivity contribution is 5.89. The van der Waals surface area contributed by atoms with E-state index < -0.39 is 147 Å². The third kappa shape index (κ3) is 12.9. The van der Waals surface area contributed by atoms with Crippen LogP contribution < -0.4 is 5.32 Å². The van der Waals surface area contributed by atoms with E-state index in [4.69, 9.17) is 37.9 Å². The van der Waals surface area contributed by atoms with Crippen molar-refractivity contribution < 1.29 is 93.1 Å². The number of amides is 2. The summed E-state index contributed by atoms with van der Waals surface area (Å²) in [5.41, 5.74) is 2.37. The molecule has 9 unspecified atom stereocenters. The maximum atomic E-state index is 14.2. The fraction of sp³-hybridized carbons (Fsp3) is 0.673. The number of nitrogens with one attached hydrogen (secondary N) is 1. The largest absolute Gasteiger partial charge is 0.450 e. The van der Waals surface area contributed by atoms with Gasteiger partial charge in [0.2, 0.25) is 5.91 Å². The molecule has 0 radical (unpaired) electrons. The van der Waals surface area contributed by atoms with Gasteiger partial charge in [0.25, 0.3) is 5.91 Å². The Morgan fingerprint density at radius 2 is 1.51 bits per heavy atom. The minimum atomic E-state index is -1.72. The molecule has 0 bridgehead atoms. The van der Waals surface area contributed by atoms with Crippen LogP contribution in [0.5, 0.6) is 0 Å². The second-order valence-electron chi connectivity index (χ2n) is 20.4. The van der Waals surface area contributed by atoms with Crippen LogP contribution in [0.25, 0.3) is 11.3 Å². The maximum Gasteiger partial charge on any atom is 0.338 e. The summed E-state index contributed by atoms with van der Waals surface area (Å²) >= 11 is 0. The molecule has 2 aromatic carbocycles. The Morgan fingerprint density at radius 3 is 2.20 bits per heavy atom. The number of nitrogens with zero attached hydrogens (tertiary/aromatic N) is 4. The summed E-state index contributed by atoms with van der Waals surface area (Å²) in [6.45, 7) is 6.40. The zero-order valence-corrected chi connectivity index (χ0v) is 43.0. The van der Waals surface area contributed by atoms with E-state index in [0.717, 1.165) is 17.5 Å². The summed E-state index contributed by atoms with van der Waals surface area (Å²) in [6, 6.07) is 14.4. The fourth-order valence-electron chi connectivity index (χ4n) is 10.5. The van der Waals surface area contributed by atoms with E-state index in [1.807, 2.05) is 38.1 Å². The zero-order valence-electron chi connectivity index (χ0n) is 43.0. The van der Waals surface area contributed by atoms with Crippen LogP contribution in [0.3, 0.4) is 0 Å². The van der Waals surface area contributed by atoms with E-state index >= 15 is 0 Å². The number of aliphatic hydroxyl groups excluding tert-OH is 8. The van der Waals surface area contributed by atoms with Crippen LogP contribution in [0.1, 0.15) is 74.8 Å². The molecule has 1 aliphatic carbocycles. The van der Waals surface area contributed by atoms with Crippen LogP contribution in [0.2, 0.25) is 0 Å². The number of aryl methyl sites for hydroxylation is 1. The Morgan fingerprint density at radius 1 is 0.789 bits per heavy atom. The Hall–Kier alpha value is -4.61. The number of ether oxygens (including phenoxy) is 8. The van der Waals surface area contributed by atoms with Gasteiger partial charge in [0.1, 0.15) is 72.8 Å². The molecule has 24 heteroatoms. The van der Waals surface area contributed by atoms with E-state index in [1.54, 1.807) is 36.2 Å². The second-order valence-corrected chi connectivity index (χ2v) is 20.4. The first-order valence-electron chi connectivity index (χ1n) is 26.2. The summed E-state index contributed by atoms with van der Waals surface area (Å²) < 4.78 is 50.7. The van der Waals surface area contributed by atoms with Crippen LogP contribution in [0.15, 0.2) is 60.8 Å². The number of hydrogen-bond donors (Lipinski definition) is 9. The molecule has 1 aromatic heterocycles. The minimum Gasteiger partial charge on any atom is -0.450 e. The van der Waals surface area contributed by atoms with E-state index in [0.29, 0.717) is 25.2 Å². The molecule has 9 N–H and O–H groups in total. The van der Waals surface area contributed by atoms with Crippen LogP contribution in [-0.2, 0) is 47.5 Å². The quantitative estimate of drug-likeness (QED) is 0.0489. The predicted octanol–water partition coefficient (Wildman–Crippen LogP) is -0.900. The van der Waals surface area contributed by atoms with Crippen LogP contribution in [0.4, 0.5) is 0 Å². The first-order chi connectivity index (χ1) is 36.5. The third-order valence-corrected chi connectivity index (χ3v) is 14.9. The Bertz CT molecular complexity index is 2370. The van der Waals surface area contributed by atoms with Gasteiger partial charge in [-0.2, -0.15) is 0 Å². The van der Waals surface area contributed by atoms with Crippen molar-refractivity contribution in [3.05, 3.63) is 71.9 Å². The Labute approximate surface area is 439 Å². The van der Waals surface area contributed by atoms with Gasteiger partial charge in [0.05, 0.1) is 49.9 Å². The molecule has 8 rings (SSSR count). The van der Waals surface area contributed by atoms with Crippen LogP contribution in [0, 0.1) is 18.8 Å². The molecular formula is C52H73N5O19. The molecule has 0 spiro atoms. The number of benzene rings is 2. The molecule has 24 nitrogen and oxygen atoms in total. The van der Waals surface area contributed by atoms with Gasteiger partial charge in [-0.3, -0.25) is 9.59 Å². The van der Waals surface area contributed by atoms with Gasteiger partial charge < -0.3 is 89.0 Å². The maximum absolute atomic E-state index is 14.2. The monoisotopic (exact) mass is 1070 g/mol. The molecule has 420 valence electrons. The van der Waals surface area contributed by atoms with Crippen molar-refractivity contribution in [1.82, 2.24) is 25.2 Å². The topological polar surface area (TPSA) is 333 Å². The highest BCUT2D eigenvalue weighted by Crippen LogP contribution is 2.39. The SMILES string of the molecule is CCC[C@H](OC1C(OC(=O)c2ccccc2)[C@H](O[C@@H]2CC(C(=O)NCCO[C@H]3O[C@H](CO)[C@@H](O)C(n4cc(-c5cccc(C)c5)nn4)C3O)C[C@@H](C)C2O[C@@H]2OC(C)[C@@H](O)[C@H](O)C2O)OC(CO)[C@@H]1O)C(=O)N1CCC1. The molecule has 5 fully saturated rings. The van der Waals surface area contributed by atoms with Crippen molar-refractivity contribution in [3.63, 3.8) is 0 Å². The van der Waals surface area contributed by atoms with Gasteiger partial charge in [0, 0.05) is 31.1 Å². The number of carbonyl (C=O) groups is 3. The molecule has 4 saturated heterocycles. The molecule has 3 aromatic rings. The van der Waals surface area contributed by atoms with Crippen molar-refractivity contribution in [2.75, 3.05) is 39.5 Å². The van der Waals surface area contributed by atoms with Gasteiger partial charge in [-0.15, -0.1) is 5.10 Å². The number of carbonyl (C=O) groups excluding carboxylic acids is 3. The number of aromatic nitrogens is 3. The van der Waals surface area contributed by atoms with Crippen molar-refractivity contribution in [1.29, 1.82) is 0 Å². The lowest BCUT2D eigenvalue weighted by Crippen LogP contribution is -2.64. The first-order valence-corrected chi connectivity index (χ1v) is 26.2. The highest BCUT2D eigenvalue weighted by Gasteiger charge is 2.54. The molecule has 5 aliphatic rings. The smallest absolute Gasteiger partial charge is 0.338 e. The van der Waals surface area contributed by atoms with Crippen LogP contribution in [-0.4, -0.2) is 222 Å². The lowest BCUT2D eigenvalue weighted by Gasteiger charge is -2.48. The molecule has 2 amide bonds. The van der Waals surface area contributed by atoms with E-state index in [9.17, 15) is 55.2 Å². The van der Waals surface area contributed by atoms with Gasteiger partial charge >= 0.3 is 5.97 Å². The molecule has 5 heterocycles. The van der Waals surface area contributed by atoms with Gasteiger partial charge in [-0.1, -0.05) is 67.4 Å². The van der Waals surface area contributed by atoms with E-state index in [2.05, 4.69) is 15.6 Å². The normalized spacial score (nSPS) is 36.2. The van der Waals surface area contributed by atoms with Crippen molar-refractivity contribution in [2.24, 2.45) is 11.8 Å². The van der Waals surface area contributed by atoms with Gasteiger partial charge in [0.15, 0.2) is 25.0 Å². The molecule has 20 atom stereocenters. The fourth-order valence-corrected chi connectivity index (χ4v) is 10.5. The van der Waals surface area contributed by atoms with Gasteiger partial charge in [-0.05, 0) is 63.6 Å². The lowest BCUT2D eigenvalue weighted by molar-refractivity contribution is -0.349. The third-order valence-electron chi connectivity index (χ3n) is 14.9. The van der Waals surface area contributed by atoms with Gasteiger partial charge in [-0.25, -0.2) is 9.48 Å². The number of aliphatic hydroxyl groups is 8. The van der Waals surface area contributed by atoms with E-state index in [1.165, 1.54) is 23.7 Å². The molecular weight excluding hydrogens is 999 g/mol. The molecule has 4 aliphatic heterocycles. The summed E-state index contributed by atoms with van der Waals surface area (Å²) in [6.07, 6.45) is -20.7. The lowest BCUT2D eigenvalue weighted by atomic mass is 9.77. The molecule has 76 heavy (non-hydrogen) atoms. The summed E-state index contributed by atoms with van der Waals surface area (Å²) in [4.78, 5) is 43.5. The number of hydrogen-bond acceptors (Lipinski definition) is 21. The van der Waals surface area contributed by atoms with Crippen molar-refractivity contribution in [3.8, 4) is 11.3 Å². The van der Waals surface area contributed by atoms with Crippen molar-refractivity contribution >= 4 is 17.8 Å². The number of rotatable bonds is 20. The first kappa shape index (κ1) is 57.6. The Kier molecular flexibility index (Phi) is 19.6. The zero-order chi connectivity index (χ0) is 54.4. The standard InChI is InChI=1S/C52H73N5O19/c1-5-11-33(48(67)56-17-10-18-56)71-45-40(62)36(25-59)74-52(46(45)75-49(68)29-13-7-6-8-14-29)72-34-22-31(21-27(3)44(34)76-51-43(65)42(64)38(60)28(4)70-51)47(66)53-16-19-69-50-41(63)37(39(61)35(24-58)73-50)57-23-32(54-55-57)30-15-9-12-26(2)20-30/h6-9,12-15,20,23,27-28,31,33-46,50-52,58-65H,5,10-11,16-19,21-22,24-25H2,1-4H3,(H,53,66)/t27-,28?,31?,33+,34-,35-,36?,37?,38-,39-,40+,41?,42+,43?,44?,45?,46?,50+,51+,52-/m1/s1.